The first-order chi connectivity index (χ1) is 18.2. The van der Waals surface area contributed by atoms with E-state index < -0.39 is 20.3 Å². The number of nitrogens with zero attached hydrogens (tertiary/aromatic N) is 1. The van der Waals surface area contributed by atoms with Gasteiger partial charge in [0.2, 0.25) is 0 Å². The Morgan fingerprint density at radius 2 is 1.50 bits per heavy atom. The maximum Gasteiger partial charge on any atom is 0.261 e. The lowest BCUT2D eigenvalue weighted by molar-refractivity contribution is -0.235. The van der Waals surface area contributed by atoms with Crippen LogP contribution >= 0.6 is 0 Å². The summed E-state index contributed by atoms with van der Waals surface area (Å²) in [5.41, 5.74) is 0.940. The molecule has 6 nitrogen and oxygen atoms in total. The second-order valence-electron chi connectivity index (χ2n) is 11.1. The highest BCUT2D eigenvalue weighted by Gasteiger charge is 2.51. The second-order valence-corrected chi connectivity index (χ2v) is 15.4. The Morgan fingerprint density at radius 1 is 0.947 bits per heavy atom. The molecule has 3 atom stereocenters. The van der Waals surface area contributed by atoms with Crippen molar-refractivity contribution in [1.82, 2.24) is 5.06 Å². The van der Waals surface area contributed by atoms with E-state index in [2.05, 4.69) is 69.3 Å². The zero-order chi connectivity index (χ0) is 27.3. The van der Waals surface area contributed by atoms with Gasteiger partial charge >= 0.3 is 0 Å². The van der Waals surface area contributed by atoms with Crippen LogP contribution in [0.4, 0.5) is 0 Å². The highest BCUT2D eigenvalue weighted by Crippen LogP contribution is 2.37. The molecule has 0 saturated carbocycles. The van der Waals surface area contributed by atoms with Gasteiger partial charge in [-0.05, 0) is 33.1 Å². The van der Waals surface area contributed by atoms with Crippen molar-refractivity contribution in [1.29, 1.82) is 0 Å². The fraction of sp³-hybridized carbons (Fsp3) is 0.387. The molecule has 1 aliphatic rings. The first-order valence-electron chi connectivity index (χ1n) is 13.2. The summed E-state index contributed by atoms with van der Waals surface area (Å²) in [5.74, 6) is -0.146. The molecule has 1 fully saturated rings. The van der Waals surface area contributed by atoms with Gasteiger partial charge in [0.25, 0.3) is 14.2 Å². The monoisotopic (exact) mass is 533 g/mol. The van der Waals surface area contributed by atoms with Crippen LogP contribution in [0.5, 0.6) is 5.75 Å². The van der Waals surface area contributed by atoms with Crippen LogP contribution in [0.15, 0.2) is 84.9 Å². The van der Waals surface area contributed by atoms with Crippen LogP contribution in [-0.4, -0.2) is 50.8 Å². The van der Waals surface area contributed by atoms with Gasteiger partial charge in [0, 0.05) is 12.5 Å². The Hall–Kier alpha value is -2.97. The molecule has 0 aliphatic carbocycles. The molecule has 0 bridgehead atoms. The fourth-order valence-electron chi connectivity index (χ4n) is 5.18. The highest BCUT2D eigenvalue weighted by molar-refractivity contribution is 6.99. The molecule has 0 aromatic heterocycles. The Morgan fingerprint density at radius 3 is 1.97 bits per heavy atom. The van der Waals surface area contributed by atoms with Gasteiger partial charge in [-0.3, -0.25) is 9.63 Å². The number of hydroxylamine groups is 2. The zero-order valence-corrected chi connectivity index (χ0v) is 24.0. The molecular weight excluding hydrogens is 494 g/mol. The summed E-state index contributed by atoms with van der Waals surface area (Å²) in [7, 11) is -1.09. The van der Waals surface area contributed by atoms with Crippen LogP contribution in [0, 0.1) is 11.8 Å². The van der Waals surface area contributed by atoms with Gasteiger partial charge in [0.15, 0.2) is 0 Å². The molecule has 38 heavy (non-hydrogen) atoms. The molecule has 1 N–H and O–H groups in total. The molecule has 3 aromatic carbocycles. The minimum absolute atomic E-state index is 0.154. The molecule has 1 heterocycles. The van der Waals surface area contributed by atoms with E-state index in [1.807, 2.05) is 43.3 Å². The molecule has 3 aromatic rings. The van der Waals surface area contributed by atoms with Crippen molar-refractivity contribution < 1.29 is 23.9 Å². The van der Waals surface area contributed by atoms with Crippen LogP contribution in [-0.2, 0) is 20.7 Å². The minimum atomic E-state index is -2.71. The van der Waals surface area contributed by atoms with Crippen LogP contribution in [0.2, 0.25) is 5.04 Å². The van der Waals surface area contributed by atoms with Crippen molar-refractivity contribution in [2.45, 2.75) is 45.4 Å². The third-order valence-electron chi connectivity index (χ3n) is 7.45. The van der Waals surface area contributed by atoms with Gasteiger partial charge in [0.1, 0.15) is 12.4 Å². The van der Waals surface area contributed by atoms with E-state index >= 15 is 0 Å². The predicted octanol–water partition coefficient (Wildman–Crippen LogP) is 4.16. The molecule has 4 rings (SSSR count). The molecule has 0 spiro atoms. The normalized spacial score (nSPS) is 17.6. The average molecular weight is 534 g/mol. The Bertz CT molecular complexity index is 1140. The average Bonchev–Trinajstić information content (AvgIpc) is 2.93. The van der Waals surface area contributed by atoms with E-state index in [1.165, 1.54) is 15.4 Å². The number of methoxy groups -OCH3 is 1. The summed E-state index contributed by atoms with van der Waals surface area (Å²) in [5, 5.41) is 14.7. The second kappa shape index (κ2) is 11.8. The number of hydrogen-bond donors (Lipinski definition) is 1. The first kappa shape index (κ1) is 28.0. The number of carbonyl (C=O) groups is 1. The minimum Gasteiger partial charge on any atom is -0.497 e. The largest absolute Gasteiger partial charge is 0.497 e. The van der Waals surface area contributed by atoms with E-state index in [0.717, 1.165) is 11.3 Å². The Balaban J connectivity index is 1.42. The van der Waals surface area contributed by atoms with Gasteiger partial charge in [-0.15, -0.1) is 0 Å². The zero-order valence-electron chi connectivity index (χ0n) is 23.0. The summed E-state index contributed by atoms with van der Waals surface area (Å²) in [6.45, 7) is 9.64. The maximum atomic E-state index is 12.8. The highest BCUT2D eigenvalue weighted by atomic mass is 28.4. The molecule has 1 amide bonds. The topological polar surface area (TPSA) is 68.2 Å². The number of benzene rings is 3. The first-order valence-corrected chi connectivity index (χ1v) is 15.1. The third-order valence-corrected chi connectivity index (χ3v) is 12.5. The number of hydrogen-bond acceptors (Lipinski definition) is 5. The summed E-state index contributed by atoms with van der Waals surface area (Å²) in [6, 6.07) is 28.4. The molecule has 1 saturated heterocycles. The van der Waals surface area contributed by atoms with E-state index in [1.54, 1.807) is 7.11 Å². The van der Waals surface area contributed by atoms with Crippen LogP contribution in [0.25, 0.3) is 0 Å². The number of carbonyl (C=O) groups excluding carboxylic acids is 1. The molecular formula is C31H39NO5Si. The van der Waals surface area contributed by atoms with Gasteiger partial charge in [-0.25, -0.2) is 5.06 Å². The van der Waals surface area contributed by atoms with Gasteiger partial charge in [-0.1, -0.05) is 100 Å². The standard InChI is InChI=1S/C31H39NO5Si/c1-23(29(33)28-20-32(30(28)34)36-22-24-16-18-25(35-5)19-17-24)21-37-38(31(2,3)4,26-12-8-6-9-13-26)27-14-10-7-11-15-27/h6-19,23,28-29,33H,20-22H2,1-5H3/t23-,28+,29+/m1/s1. The molecule has 1 aliphatic heterocycles. The number of β-lactam (4-membered cyclic amide) rings is 1. The Kier molecular flexibility index (Phi) is 8.73. The lowest BCUT2D eigenvalue weighted by Crippen LogP contribution is -2.67. The molecule has 0 radical (unpaired) electrons. The Labute approximate surface area is 227 Å². The van der Waals surface area contributed by atoms with E-state index in [4.69, 9.17) is 14.0 Å². The maximum absolute atomic E-state index is 12.8. The van der Waals surface area contributed by atoms with E-state index in [9.17, 15) is 9.90 Å². The number of ether oxygens (including phenoxy) is 1. The smallest absolute Gasteiger partial charge is 0.261 e. The molecule has 0 unspecified atom stereocenters. The summed E-state index contributed by atoms with van der Waals surface area (Å²) in [4.78, 5) is 18.5. The number of aliphatic hydroxyl groups excluding tert-OH is 1. The van der Waals surface area contributed by atoms with E-state index in [-0.39, 0.29) is 23.5 Å². The SMILES string of the molecule is COc1ccc(CON2C[C@@H]([C@@H](O)[C@H](C)CO[Si](c3ccccc3)(c3ccccc3)C(C)(C)C)C2=O)cc1. The predicted molar refractivity (Wildman–Crippen MR) is 152 cm³/mol. The van der Waals surface area contributed by atoms with Crippen molar-refractivity contribution in [2.75, 3.05) is 20.3 Å². The van der Waals surface area contributed by atoms with Crippen molar-refractivity contribution in [3.63, 3.8) is 0 Å². The van der Waals surface area contributed by atoms with Crippen molar-refractivity contribution in [3.8, 4) is 5.75 Å². The number of aliphatic hydroxyl groups is 1. The lowest BCUT2D eigenvalue weighted by atomic mass is 9.87. The fourth-order valence-corrected chi connectivity index (χ4v) is 9.85. The van der Waals surface area contributed by atoms with Crippen molar-refractivity contribution >= 4 is 24.6 Å². The third kappa shape index (κ3) is 5.71. The number of rotatable bonds is 11. The van der Waals surface area contributed by atoms with Gasteiger partial charge in [0.05, 0.1) is 25.7 Å². The molecule has 202 valence electrons. The summed E-state index contributed by atoms with van der Waals surface area (Å²) in [6.07, 6.45) is -0.818. The van der Waals surface area contributed by atoms with Gasteiger partial charge < -0.3 is 14.3 Å². The van der Waals surface area contributed by atoms with Crippen molar-refractivity contribution in [2.24, 2.45) is 11.8 Å². The summed E-state index contributed by atoms with van der Waals surface area (Å²) < 4.78 is 12.1. The van der Waals surface area contributed by atoms with Crippen LogP contribution in [0.3, 0.4) is 0 Å². The van der Waals surface area contributed by atoms with Crippen molar-refractivity contribution in [3.05, 3.63) is 90.5 Å². The van der Waals surface area contributed by atoms with E-state index in [0.29, 0.717) is 13.2 Å². The lowest BCUT2D eigenvalue weighted by Gasteiger charge is -2.45. The summed E-state index contributed by atoms with van der Waals surface area (Å²) >= 11 is 0. The number of amides is 1. The van der Waals surface area contributed by atoms with Crippen LogP contribution in [0.1, 0.15) is 33.3 Å². The quantitative estimate of drug-likeness (QED) is 0.296. The van der Waals surface area contributed by atoms with Gasteiger partial charge in [-0.2, -0.15) is 0 Å². The van der Waals surface area contributed by atoms with Crippen LogP contribution < -0.4 is 15.1 Å². The molecule has 7 heteroatoms.